The predicted molar refractivity (Wildman–Crippen MR) is 52.8 cm³/mol. The fraction of sp³-hybridized carbons (Fsp3) is 0.182. The van der Waals surface area contributed by atoms with Crippen LogP contribution in [0.4, 0.5) is 0 Å². The van der Waals surface area contributed by atoms with Crippen LogP contribution in [0.3, 0.4) is 0 Å². The van der Waals surface area contributed by atoms with Crippen LogP contribution in [-0.2, 0) is 9.53 Å². The van der Waals surface area contributed by atoms with E-state index in [0.29, 0.717) is 5.75 Å². The molecule has 0 aliphatic rings. The van der Waals surface area contributed by atoms with Crippen LogP contribution in [0, 0.1) is 0 Å². The average Bonchev–Trinajstić information content (AvgIpc) is 2.19. The molecule has 14 heavy (non-hydrogen) atoms. The summed E-state index contributed by atoms with van der Waals surface area (Å²) < 4.78 is 9.88. The molecule has 0 aliphatic carbocycles. The van der Waals surface area contributed by atoms with Gasteiger partial charge in [0, 0.05) is 0 Å². The zero-order valence-corrected chi connectivity index (χ0v) is 7.97. The van der Waals surface area contributed by atoms with E-state index in [1.807, 2.05) is 18.2 Å². The highest BCUT2D eigenvalue weighted by Gasteiger charge is 2.14. The van der Waals surface area contributed by atoms with Crippen molar-refractivity contribution in [1.82, 2.24) is 0 Å². The minimum atomic E-state index is -0.629. The van der Waals surface area contributed by atoms with Crippen molar-refractivity contribution in [2.75, 3.05) is 0 Å². The molecule has 3 nitrogen and oxygen atoms in total. The Balaban J connectivity index is 2.52. The van der Waals surface area contributed by atoms with E-state index in [-0.39, 0.29) is 0 Å². The minimum Gasteiger partial charge on any atom is -0.479 e. The van der Waals surface area contributed by atoms with E-state index in [2.05, 4.69) is 11.3 Å². The van der Waals surface area contributed by atoms with Crippen LogP contribution in [0.5, 0.6) is 5.75 Å². The summed E-state index contributed by atoms with van der Waals surface area (Å²) in [7, 11) is 0. The number of ether oxygens (including phenoxy) is 2. The maximum absolute atomic E-state index is 11.1. The Morgan fingerprint density at radius 2 is 2.07 bits per heavy atom. The second-order valence-electron chi connectivity index (χ2n) is 2.68. The molecule has 0 aromatic heterocycles. The number of hydrogen-bond donors (Lipinski definition) is 0. The van der Waals surface area contributed by atoms with Crippen molar-refractivity contribution >= 4 is 5.97 Å². The summed E-state index contributed by atoms with van der Waals surface area (Å²) in [5.74, 6) is 0.185. The van der Waals surface area contributed by atoms with E-state index in [1.54, 1.807) is 19.1 Å². The van der Waals surface area contributed by atoms with Gasteiger partial charge in [0.25, 0.3) is 0 Å². The molecular formula is C11H12O3. The highest BCUT2D eigenvalue weighted by molar-refractivity contribution is 5.75. The Morgan fingerprint density at radius 3 is 2.64 bits per heavy atom. The third-order valence-electron chi connectivity index (χ3n) is 1.59. The standard InChI is InChI=1S/C11H12O3/c1-3-13-11(12)9(2)14-10-7-5-4-6-8-10/h3-9H,1H2,2H3. The van der Waals surface area contributed by atoms with E-state index >= 15 is 0 Å². The van der Waals surface area contributed by atoms with Gasteiger partial charge in [0.05, 0.1) is 6.26 Å². The quantitative estimate of drug-likeness (QED) is 0.541. The summed E-state index contributed by atoms with van der Waals surface area (Å²) in [6.07, 6.45) is 0.461. The van der Waals surface area contributed by atoms with Crippen molar-refractivity contribution in [3.8, 4) is 5.75 Å². The molecule has 0 saturated carbocycles. The van der Waals surface area contributed by atoms with Crippen LogP contribution >= 0.6 is 0 Å². The molecule has 0 saturated heterocycles. The van der Waals surface area contributed by atoms with Gasteiger partial charge in [-0.1, -0.05) is 24.8 Å². The Bertz CT molecular complexity index is 306. The van der Waals surface area contributed by atoms with Gasteiger partial charge in [-0.3, -0.25) is 0 Å². The predicted octanol–water partition coefficient (Wildman–Crippen LogP) is 2.14. The fourth-order valence-electron chi connectivity index (χ4n) is 0.929. The van der Waals surface area contributed by atoms with Crippen LogP contribution in [0.15, 0.2) is 43.2 Å². The molecule has 0 radical (unpaired) electrons. The molecule has 0 spiro atoms. The Kier molecular flexibility index (Phi) is 3.73. The van der Waals surface area contributed by atoms with Gasteiger partial charge in [-0.05, 0) is 19.1 Å². The normalized spacial score (nSPS) is 11.5. The SMILES string of the molecule is C=COC(=O)C(C)Oc1ccccc1. The second-order valence-corrected chi connectivity index (χ2v) is 2.68. The molecule has 0 amide bonds. The lowest BCUT2D eigenvalue weighted by atomic mass is 10.3. The first-order valence-electron chi connectivity index (χ1n) is 4.27. The van der Waals surface area contributed by atoms with Gasteiger partial charge in [-0.15, -0.1) is 0 Å². The number of carbonyl (C=O) groups excluding carboxylic acids is 1. The molecule has 74 valence electrons. The lowest BCUT2D eigenvalue weighted by Crippen LogP contribution is -2.24. The van der Waals surface area contributed by atoms with Gasteiger partial charge in [0.1, 0.15) is 5.75 Å². The van der Waals surface area contributed by atoms with Crippen LogP contribution in [0.2, 0.25) is 0 Å². The number of rotatable bonds is 4. The molecule has 0 N–H and O–H groups in total. The summed E-state index contributed by atoms with van der Waals surface area (Å²) in [5, 5.41) is 0. The lowest BCUT2D eigenvalue weighted by Gasteiger charge is -2.11. The zero-order valence-electron chi connectivity index (χ0n) is 7.97. The first kappa shape index (κ1) is 10.3. The van der Waals surface area contributed by atoms with Crippen LogP contribution in [0.25, 0.3) is 0 Å². The molecular weight excluding hydrogens is 180 g/mol. The van der Waals surface area contributed by atoms with Gasteiger partial charge in [-0.2, -0.15) is 0 Å². The van der Waals surface area contributed by atoms with Crippen LogP contribution < -0.4 is 4.74 Å². The van der Waals surface area contributed by atoms with Gasteiger partial charge in [0.15, 0.2) is 6.10 Å². The van der Waals surface area contributed by atoms with Gasteiger partial charge < -0.3 is 9.47 Å². The van der Waals surface area contributed by atoms with E-state index in [4.69, 9.17) is 4.74 Å². The number of hydrogen-bond acceptors (Lipinski definition) is 3. The molecule has 0 fully saturated rings. The van der Waals surface area contributed by atoms with Crippen LogP contribution in [0.1, 0.15) is 6.92 Å². The van der Waals surface area contributed by atoms with E-state index in [0.717, 1.165) is 6.26 Å². The van der Waals surface area contributed by atoms with E-state index in [9.17, 15) is 4.79 Å². The maximum Gasteiger partial charge on any atom is 0.351 e. The van der Waals surface area contributed by atoms with Crippen LogP contribution in [-0.4, -0.2) is 12.1 Å². The Hall–Kier alpha value is -1.77. The molecule has 1 aromatic rings. The second kappa shape index (κ2) is 5.07. The van der Waals surface area contributed by atoms with Crippen molar-refractivity contribution in [3.63, 3.8) is 0 Å². The molecule has 1 rings (SSSR count). The van der Waals surface area contributed by atoms with Gasteiger partial charge >= 0.3 is 5.97 Å². The topological polar surface area (TPSA) is 35.5 Å². The summed E-state index contributed by atoms with van der Waals surface area (Å²) in [4.78, 5) is 11.1. The molecule has 3 heteroatoms. The molecule has 0 heterocycles. The number of carbonyl (C=O) groups is 1. The number of esters is 1. The maximum atomic E-state index is 11.1. The number of para-hydroxylation sites is 1. The highest BCUT2D eigenvalue weighted by atomic mass is 16.6. The van der Waals surface area contributed by atoms with Crippen molar-refractivity contribution in [1.29, 1.82) is 0 Å². The average molecular weight is 192 g/mol. The van der Waals surface area contributed by atoms with Crippen molar-refractivity contribution < 1.29 is 14.3 Å². The van der Waals surface area contributed by atoms with E-state index < -0.39 is 12.1 Å². The first-order valence-corrected chi connectivity index (χ1v) is 4.27. The third-order valence-corrected chi connectivity index (χ3v) is 1.59. The molecule has 1 atom stereocenters. The number of benzene rings is 1. The molecule has 0 aliphatic heterocycles. The Labute approximate surface area is 83.0 Å². The largest absolute Gasteiger partial charge is 0.479 e. The summed E-state index contributed by atoms with van der Waals surface area (Å²) in [6, 6.07) is 9.09. The monoisotopic (exact) mass is 192 g/mol. The summed E-state index contributed by atoms with van der Waals surface area (Å²) in [5.41, 5.74) is 0. The summed E-state index contributed by atoms with van der Waals surface area (Å²) >= 11 is 0. The van der Waals surface area contributed by atoms with Gasteiger partial charge in [-0.25, -0.2) is 4.79 Å². The van der Waals surface area contributed by atoms with Gasteiger partial charge in [0.2, 0.25) is 0 Å². The zero-order chi connectivity index (χ0) is 10.4. The van der Waals surface area contributed by atoms with Crippen molar-refractivity contribution in [3.05, 3.63) is 43.2 Å². The molecule has 0 bridgehead atoms. The highest BCUT2D eigenvalue weighted by Crippen LogP contribution is 2.11. The fourth-order valence-corrected chi connectivity index (χ4v) is 0.929. The summed E-state index contributed by atoms with van der Waals surface area (Å²) in [6.45, 7) is 4.92. The van der Waals surface area contributed by atoms with Crippen molar-refractivity contribution in [2.45, 2.75) is 13.0 Å². The first-order chi connectivity index (χ1) is 6.74. The molecule has 1 unspecified atom stereocenters. The lowest BCUT2D eigenvalue weighted by molar-refractivity contribution is -0.145. The smallest absolute Gasteiger partial charge is 0.351 e. The van der Waals surface area contributed by atoms with Crippen molar-refractivity contribution in [2.24, 2.45) is 0 Å². The van der Waals surface area contributed by atoms with E-state index in [1.165, 1.54) is 0 Å². The Morgan fingerprint density at radius 1 is 1.43 bits per heavy atom. The molecule has 1 aromatic carbocycles. The third kappa shape index (κ3) is 2.94. The minimum absolute atomic E-state index is 0.455.